The van der Waals surface area contributed by atoms with Gasteiger partial charge in [-0.2, -0.15) is 0 Å². The highest BCUT2D eigenvalue weighted by Gasteiger charge is 2.22. The molecule has 1 atom stereocenters. The number of hydrogen-bond donors (Lipinski definition) is 1. The molecule has 1 N–H and O–H groups in total. The Balaban J connectivity index is 2.47. The number of rotatable bonds is 7. The fourth-order valence-electron chi connectivity index (χ4n) is 2.54. The van der Waals surface area contributed by atoms with E-state index in [0.717, 1.165) is 41.4 Å². The maximum atomic E-state index is 5.58. The zero-order valence-corrected chi connectivity index (χ0v) is 13.1. The molecular formula is C17H23NO3. The monoisotopic (exact) mass is 289 g/mol. The second-order valence-electron chi connectivity index (χ2n) is 4.75. The highest BCUT2D eigenvalue weighted by Crippen LogP contribution is 2.34. The number of ether oxygens (including phenoxy) is 2. The topological polar surface area (TPSA) is 43.6 Å². The van der Waals surface area contributed by atoms with Crippen molar-refractivity contribution in [2.24, 2.45) is 0 Å². The quantitative estimate of drug-likeness (QED) is 0.846. The lowest BCUT2D eigenvalue weighted by atomic mass is 9.97. The van der Waals surface area contributed by atoms with E-state index in [0.29, 0.717) is 0 Å². The Morgan fingerprint density at radius 1 is 1.10 bits per heavy atom. The van der Waals surface area contributed by atoms with Crippen LogP contribution in [0, 0.1) is 0 Å². The second kappa shape index (κ2) is 7.18. The number of methoxy groups -OCH3 is 2. The molecule has 0 spiro atoms. The molecule has 1 aromatic carbocycles. The molecule has 1 heterocycles. The first kappa shape index (κ1) is 15.4. The molecule has 0 amide bonds. The van der Waals surface area contributed by atoms with Crippen LogP contribution >= 0.6 is 0 Å². The Morgan fingerprint density at radius 2 is 1.90 bits per heavy atom. The van der Waals surface area contributed by atoms with Crippen molar-refractivity contribution >= 4 is 0 Å². The van der Waals surface area contributed by atoms with E-state index in [4.69, 9.17) is 13.9 Å². The van der Waals surface area contributed by atoms with Gasteiger partial charge < -0.3 is 19.2 Å². The first-order valence-electron chi connectivity index (χ1n) is 7.26. The normalized spacial score (nSPS) is 12.2. The number of furan rings is 1. The lowest BCUT2D eigenvalue weighted by molar-refractivity contribution is 0.387. The predicted molar refractivity (Wildman–Crippen MR) is 83.2 cm³/mol. The number of nitrogens with one attached hydrogen (secondary N) is 1. The highest BCUT2D eigenvalue weighted by atomic mass is 16.5. The maximum absolute atomic E-state index is 5.58. The molecule has 1 unspecified atom stereocenters. The average Bonchev–Trinajstić information content (AvgIpc) is 3.00. The standard InChI is InChI=1S/C17H23NO3/c1-5-15-14(9-10-21-15)17(18-6-2)13-8-7-12(19-3)11-16(13)20-4/h7-11,17-18H,5-6H2,1-4H3. The Bertz CT molecular complexity index is 577. The van der Waals surface area contributed by atoms with E-state index < -0.39 is 0 Å². The van der Waals surface area contributed by atoms with E-state index in [1.165, 1.54) is 0 Å². The van der Waals surface area contributed by atoms with Crippen LogP contribution in [0.3, 0.4) is 0 Å². The second-order valence-corrected chi connectivity index (χ2v) is 4.75. The summed E-state index contributed by atoms with van der Waals surface area (Å²) in [6.07, 6.45) is 2.61. The van der Waals surface area contributed by atoms with Crippen LogP contribution in [-0.2, 0) is 6.42 Å². The molecule has 0 aliphatic rings. The van der Waals surface area contributed by atoms with Gasteiger partial charge in [0.05, 0.1) is 26.5 Å². The largest absolute Gasteiger partial charge is 0.497 e. The molecule has 114 valence electrons. The van der Waals surface area contributed by atoms with Crippen LogP contribution in [0.5, 0.6) is 11.5 Å². The third kappa shape index (κ3) is 3.22. The maximum Gasteiger partial charge on any atom is 0.127 e. The Labute approximate surface area is 126 Å². The lowest BCUT2D eigenvalue weighted by Gasteiger charge is -2.21. The Hall–Kier alpha value is -1.94. The van der Waals surface area contributed by atoms with Gasteiger partial charge in [-0.1, -0.05) is 13.8 Å². The van der Waals surface area contributed by atoms with Crippen LogP contribution in [0.2, 0.25) is 0 Å². The molecule has 0 fully saturated rings. The minimum absolute atomic E-state index is 0.0459. The van der Waals surface area contributed by atoms with Gasteiger partial charge in [-0.3, -0.25) is 0 Å². The summed E-state index contributed by atoms with van der Waals surface area (Å²) in [5.41, 5.74) is 2.24. The van der Waals surface area contributed by atoms with Gasteiger partial charge in [0.2, 0.25) is 0 Å². The van der Waals surface area contributed by atoms with Gasteiger partial charge in [0.1, 0.15) is 17.3 Å². The molecule has 0 saturated heterocycles. The number of hydrogen-bond acceptors (Lipinski definition) is 4. The number of benzene rings is 1. The summed E-state index contributed by atoms with van der Waals surface area (Å²) >= 11 is 0. The van der Waals surface area contributed by atoms with Gasteiger partial charge in [-0.05, 0) is 24.7 Å². The van der Waals surface area contributed by atoms with Crippen LogP contribution in [0.4, 0.5) is 0 Å². The molecule has 0 radical (unpaired) electrons. The van der Waals surface area contributed by atoms with Crippen molar-refractivity contribution in [3.05, 3.63) is 47.4 Å². The van der Waals surface area contributed by atoms with E-state index in [1.807, 2.05) is 24.3 Å². The SMILES string of the molecule is CCNC(c1ccc(OC)cc1OC)c1ccoc1CC. The fourth-order valence-corrected chi connectivity index (χ4v) is 2.54. The van der Waals surface area contributed by atoms with E-state index in [-0.39, 0.29) is 6.04 Å². The minimum Gasteiger partial charge on any atom is -0.497 e. The summed E-state index contributed by atoms with van der Waals surface area (Å²) in [4.78, 5) is 0. The van der Waals surface area contributed by atoms with Crippen molar-refractivity contribution in [3.8, 4) is 11.5 Å². The van der Waals surface area contributed by atoms with Crippen molar-refractivity contribution in [2.75, 3.05) is 20.8 Å². The Morgan fingerprint density at radius 3 is 2.52 bits per heavy atom. The summed E-state index contributed by atoms with van der Waals surface area (Å²) in [6, 6.07) is 7.97. The fraction of sp³-hybridized carbons (Fsp3) is 0.412. The van der Waals surface area contributed by atoms with Crippen LogP contribution in [0.1, 0.15) is 36.8 Å². The molecule has 1 aromatic heterocycles. The third-order valence-corrected chi connectivity index (χ3v) is 3.57. The van der Waals surface area contributed by atoms with Crippen LogP contribution in [-0.4, -0.2) is 20.8 Å². The first-order valence-corrected chi connectivity index (χ1v) is 7.26. The third-order valence-electron chi connectivity index (χ3n) is 3.57. The van der Waals surface area contributed by atoms with Gasteiger partial charge in [0, 0.05) is 23.6 Å². The van der Waals surface area contributed by atoms with E-state index in [2.05, 4.69) is 19.2 Å². The highest BCUT2D eigenvalue weighted by molar-refractivity contribution is 5.46. The zero-order valence-electron chi connectivity index (χ0n) is 13.1. The van der Waals surface area contributed by atoms with Gasteiger partial charge in [0.15, 0.2) is 0 Å². The molecular weight excluding hydrogens is 266 g/mol. The van der Waals surface area contributed by atoms with Crippen molar-refractivity contribution in [1.82, 2.24) is 5.32 Å². The molecule has 0 aliphatic carbocycles. The summed E-state index contributed by atoms with van der Waals surface area (Å²) in [5.74, 6) is 2.59. The molecule has 0 aliphatic heterocycles. The lowest BCUT2D eigenvalue weighted by Crippen LogP contribution is -2.23. The van der Waals surface area contributed by atoms with Crippen LogP contribution in [0.25, 0.3) is 0 Å². The van der Waals surface area contributed by atoms with E-state index in [9.17, 15) is 0 Å². The summed E-state index contributed by atoms with van der Waals surface area (Å²) in [5, 5.41) is 3.51. The molecule has 21 heavy (non-hydrogen) atoms. The summed E-state index contributed by atoms with van der Waals surface area (Å²) in [7, 11) is 3.33. The molecule has 0 saturated carbocycles. The average molecular weight is 289 g/mol. The molecule has 2 rings (SSSR count). The van der Waals surface area contributed by atoms with Gasteiger partial charge in [-0.15, -0.1) is 0 Å². The van der Waals surface area contributed by atoms with Crippen LogP contribution in [0.15, 0.2) is 34.9 Å². The molecule has 2 aromatic rings. The van der Waals surface area contributed by atoms with Crippen molar-refractivity contribution in [1.29, 1.82) is 0 Å². The summed E-state index contributed by atoms with van der Waals surface area (Å²) in [6.45, 7) is 5.04. The molecule has 0 bridgehead atoms. The van der Waals surface area contributed by atoms with E-state index in [1.54, 1.807) is 20.5 Å². The van der Waals surface area contributed by atoms with Gasteiger partial charge in [-0.25, -0.2) is 0 Å². The van der Waals surface area contributed by atoms with Gasteiger partial charge in [0.25, 0.3) is 0 Å². The molecule has 4 heteroatoms. The minimum atomic E-state index is 0.0459. The molecule has 4 nitrogen and oxygen atoms in total. The summed E-state index contributed by atoms with van der Waals surface area (Å²) < 4.78 is 16.4. The van der Waals surface area contributed by atoms with Crippen molar-refractivity contribution in [3.63, 3.8) is 0 Å². The van der Waals surface area contributed by atoms with Crippen molar-refractivity contribution < 1.29 is 13.9 Å². The first-order chi connectivity index (χ1) is 10.2. The smallest absolute Gasteiger partial charge is 0.127 e. The van der Waals surface area contributed by atoms with Crippen molar-refractivity contribution in [2.45, 2.75) is 26.3 Å². The van der Waals surface area contributed by atoms with Crippen LogP contribution < -0.4 is 14.8 Å². The van der Waals surface area contributed by atoms with Gasteiger partial charge >= 0.3 is 0 Å². The Kier molecular flexibility index (Phi) is 5.28. The number of aryl methyl sites for hydroxylation is 1. The predicted octanol–water partition coefficient (Wildman–Crippen LogP) is 3.56. The zero-order chi connectivity index (χ0) is 15.2. The van der Waals surface area contributed by atoms with E-state index >= 15 is 0 Å².